The fourth-order valence-corrected chi connectivity index (χ4v) is 3.68. The Morgan fingerprint density at radius 1 is 1.53 bits per heavy atom. The van der Waals surface area contributed by atoms with Crippen LogP contribution in [0.5, 0.6) is 0 Å². The van der Waals surface area contributed by atoms with Gasteiger partial charge in [-0.25, -0.2) is 13.4 Å². The molecule has 1 atom stereocenters. The summed E-state index contributed by atoms with van der Waals surface area (Å²) in [4.78, 5) is 8.55. The maximum absolute atomic E-state index is 11.4. The molecule has 1 aliphatic rings. The lowest BCUT2D eigenvalue weighted by Crippen LogP contribution is -2.21. The fraction of sp³-hybridized carbons (Fsp3) is 0.500. The largest absolute Gasteiger partial charge is 0.366 e. The van der Waals surface area contributed by atoms with E-state index in [-0.39, 0.29) is 17.5 Å². The van der Waals surface area contributed by atoms with Gasteiger partial charge in [0.1, 0.15) is 5.82 Å². The zero-order valence-corrected chi connectivity index (χ0v) is 11.7. The molecule has 0 bridgehead atoms. The lowest BCUT2D eigenvalue weighted by molar-refractivity contribution is 0.602. The van der Waals surface area contributed by atoms with Gasteiger partial charge in [-0.05, 0) is 13.3 Å². The van der Waals surface area contributed by atoms with Gasteiger partial charge >= 0.3 is 0 Å². The summed E-state index contributed by atoms with van der Waals surface area (Å²) in [6.07, 6.45) is 2.35. The first-order valence-electron chi connectivity index (χ1n) is 6.16. The van der Waals surface area contributed by atoms with Crippen LogP contribution in [0.15, 0.2) is 18.7 Å². The zero-order valence-electron chi connectivity index (χ0n) is 10.9. The highest BCUT2D eigenvalue weighted by atomic mass is 32.2. The summed E-state index contributed by atoms with van der Waals surface area (Å²) < 4.78 is 22.8. The Morgan fingerprint density at radius 2 is 2.32 bits per heavy atom. The van der Waals surface area contributed by atoms with Crippen LogP contribution in [-0.4, -0.2) is 42.5 Å². The number of anilines is 2. The SMILES string of the molecule is C=CCNc1nc(C)cc(NC2CCS(=O)(=O)C2)n1. The van der Waals surface area contributed by atoms with Gasteiger partial charge in [-0.2, -0.15) is 4.98 Å². The van der Waals surface area contributed by atoms with Crippen LogP contribution in [0.4, 0.5) is 11.8 Å². The van der Waals surface area contributed by atoms with Crippen molar-refractivity contribution in [3.8, 4) is 0 Å². The minimum Gasteiger partial charge on any atom is -0.366 e. The lowest BCUT2D eigenvalue weighted by Gasteiger charge is -2.13. The molecule has 1 aliphatic heterocycles. The smallest absolute Gasteiger partial charge is 0.225 e. The van der Waals surface area contributed by atoms with Gasteiger partial charge < -0.3 is 10.6 Å². The molecule has 0 radical (unpaired) electrons. The van der Waals surface area contributed by atoms with Crippen LogP contribution >= 0.6 is 0 Å². The molecule has 0 aromatic carbocycles. The Balaban J connectivity index is 2.07. The first kappa shape index (κ1) is 13.8. The Bertz CT molecular complexity index is 571. The van der Waals surface area contributed by atoms with Crippen molar-refractivity contribution in [3.63, 3.8) is 0 Å². The fourth-order valence-electron chi connectivity index (χ4n) is 2.00. The number of aromatic nitrogens is 2. The van der Waals surface area contributed by atoms with Gasteiger partial charge in [0, 0.05) is 24.3 Å². The number of aryl methyl sites for hydroxylation is 1. The Kier molecular flexibility index (Phi) is 4.04. The maximum atomic E-state index is 11.4. The molecule has 1 fully saturated rings. The molecule has 2 N–H and O–H groups in total. The monoisotopic (exact) mass is 282 g/mol. The van der Waals surface area contributed by atoms with Crippen molar-refractivity contribution in [3.05, 3.63) is 24.4 Å². The summed E-state index contributed by atoms with van der Waals surface area (Å²) in [5, 5.41) is 6.18. The number of hydrogen-bond donors (Lipinski definition) is 2. The van der Waals surface area contributed by atoms with E-state index in [0.717, 1.165) is 5.69 Å². The van der Waals surface area contributed by atoms with E-state index >= 15 is 0 Å². The van der Waals surface area contributed by atoms with Crippen molar-refractivity contribution >= 4 is 21.6 Å². The third-order valence-electron chi connectivity index (χ3n) is 2.84. The molecule has 19 heavy (non-hydrogen) atoms. The maximum Gasteiger partial charge on any atom is 0.225 e. The van der Waals surface area contributed by atoms with E-state index in [1.165, 1.54) is 0 Å². The number of nitrogens with zero attached hydrogens (tertiary/aromatic N) is 2. The Labute approximate surface area is 113 Å². The minimum absolute atomic E-state index is 0.0634. The number of nitrogens with one attached hydrogen (secondary N) is 2. The van der Waals surface area contributed by atoms with Crippen molar-refractivity contribution in [2.24, 2.45) is 0 Å². The van der Waals surface area contributed by atoms with Crippen LogP contribution in [0, 0.1) is 6.92 Å². The summed E-state index contributed by atoms with van der Waals surface area (Å²) in [5.74, 6) is 1.59. The standard InChI is InChI=1S/C12H18N4O2S/c1-3-5-13-12-14-9(2)7-11(16-12)15-10-4-6-19(17,18)8-10/h3,7,10H,1,4-6,8H2,2H3,(H2,13,14,15,16). The van der Waals surface area contributed by atoms with Crippen LogP contribution in [0.3, 0.4) is 0 Å². The molecule has 2 rings (SSSR count). The second-order valence-corrected chi connectivity index (χ2v) is 6.86. The molecule has 2 heterocycles. The quantitative estimate of drug-likeness (QED) is 0.783. The van der Waals surface area contributed by atoms with Gasteiger partial charge in [0.25, 0.3) is 0 Å². The van der Waals surface area contributed by atoms with Gasteiger partial charge in [0.15, 0.2) is 9.84 Å². The summed E-state index contributed by atoms with van der Waals surface area (Å²) in [6, 6.07) is 1.75. The average Bonchev–Trinajstić information content (AvgIpc) is 2.65. The van der Waals surface area contributed by atoms with Gasteiger partial charge in [-0.3, -0.25) is 0 Å². The molecule has 1 aromatic heterocycles. The molecule has 1 saturated heterocycles. The third kappa shape index (κ3) is 3.92. The molecule has 0 spiro atoms. The van der Waals surface area contributed by atoms with Crippen molar-refractivity contribution in [2.75, 3.05) is 28.7 Å². The van der Waals surface area contributed by atoms with E-state index in [4.69, 9.17) is 0 Å². The molecule has 7 heteroatoms. The lowest BCUT2D eigenvalue weighted by atomic mass is 10.2. The predicted molar refractivity (Wildman–Crippen MR) is 76.1 cm³/mol. The van der Waals surface area contributed by atoms with Crippen molar-refractivity contribution in [1.29, 1.82) is 0 Å². The summed E-state index contributed by atoms with van der Waals surface area (Å²) in [6.45, 7) is 6.08. The molecule has 0 aliphatic carbocycles. The van der Waals surface area contributed by atoms with E-state index in [2.05, 4.69) is 27.2 Å². The normalized spacial score (nSPS) is 21.0. The van der Waals surface area contributed by atoms with Crippen molar-refractivity contribution in [1.82, 2.24) is 9.97 Å². The highest BCUT2D eigenvalue weighted by Crippen LogP contribution is 2.17. The van der Waals surface area contributed by atoms with Crippen LogP contribution in [0.2, 0.25) is 0 Å². The minimum atomic E-state index is -2.88. The number of rotatable bonds is 5. The molecular formula is C12H18N4O2S. The van der Waals surface area contributed by atoms with E-state index < -0.39 is 9.84 Å². The van der Waals surface area contributed by atoms with Crippen LogP contribution in [0.25, 0.3) is 0 Å². The molecule has 1 aromatic rings. The van der Waals surface area contributed by atoms with Crippen molar-refractivity contribution < 1.29 is 8.42 Å². The van der Waals surface area contributed by atoms with E-state index in [1.807, 2.05) is 13.0 Å². The molecule has 1 unspecified atom stereocenters. The average molecular weight is 282 g/mol. The highest BCUT2D eigenvalue weighted by Gasteiger charge is 2.27. The Hall–Kier alpha value is -1.63. The van der Waals surface area contributed by atoms with E-state index in [1.54, 1.807) is 6.08 Å². The first-order chi connectivity index (χ1) is 8.98. The number of hydrogen-bond acceptors (Lipinski definition) is 6. The molecule has 6 nitrogen and oxygen atoms in total. The highest BCUT2D eigenvalue weighted by molar-refractivity contribution is 7.91. The number of sulfone groups is 1. The second-order valence-electron chi connectivity index (χ2n) is 4.63. The molecule has 104 valence electrons. The molecule has 0 amide bonds. The van der Waals surface area contributed by atoms with Crippen LogP contribution < -0.4 is 10.6 Å². The summed E-state index contributed by atoms with van der Waals surface area (Å²) in [7, 11) is -2.88. The first-order valence-corrected chi connectivity index (χ1v) is 7.98. The van der Waals surface area contributed by atoms with Gasteiger partial charge in [-0.15, -0.1) is 6.58 Å². The zero-order chi connectivity index (χ0) is 13.9. The summed E-state index contributed by atoms with van der Waals surface area (Å²) >= 11 is 0. The predicted octanol–water partition coefficient (Wildman–Crippen LogP) is 0.982. The topological polar surface area (TPSA) is 84.0 Å². The van der Waals surface area contributed by atoms with Crippen molar-refractivity contribution in [2.45, 2.75) is 19.4 Å². The van der Waals surface area contributed by atoms with Crippen LogP contribution in [0.1, 0.15) is 12.1 Å². The van der Waals surface area contributed by atoms with Gasteiger partial charge in [0.2, 0.25) is 5.95 Å². The van der Waals surface area contributed by atoms with Gasteiger partial charge in [-0.1, -0.05) is 6.08 Å². The third-order valence-corrected chi connectivity index (χ3v) is 4.61. The van der Waals surface area contributed by atoms with E-state index in [9.17, 15) is 8.42 Å². The van der Waals surface area contributed by atoms with Crippen LogP contribution in [-0.2, 0) is 9.84 Å². The molecular weight excluding hydrogens is 264 g/mol. The molecule has 0 saturated carbocycles. The summed E-state index contributed by atoms with van der Waals surface area (Å²) in [5.41, 5.74) is 0.824. The second kappa shape index (κ2) is 5.56. The van der Waals surface area contributed by atoms with Gasteiger partial charge in [0.05, 0.1) is 11.5 Å². The Morgan fingerprint density at radius 3 is 2.95 bits per heavy atom. The van der Waals surface area contributed by atoms with E-state index in [0.29, 0.717) is 24.7 Å².